The summed E-state index contributed by atoms with van der Waals surface area (Å²) in [5.41, 5.74) is 0. The summed E-state index contributed by atoms with van der Waals surface area (Å²) in [5.74, 6) is 1.70. The second-order valence-electron chi connectivity index (χ2n) is 5.76. The highest BCUT2D eigenvalue weighted by molar-refractivity contribution is 5.76. The Balaban J connectivity index is 1.55. The normalized spacial score (nSPS) is 38.6. The third-order valence-electron chi connectivity index (χ3n) is 4.22. The van der Waals surface area contributed by atoms with E-state index in [-0.39, 0.29) is 0 Å². The minimum absolute atomic E-state index is 0.389. The van der Waals surface area contributed by atoms with Crippen molar-refractivity contribution in [2.75, 3.05) is 13.1 Å². The molecule has 1 saturated carbocycles. The summed E-state index contributed by atoms with van der Waals surface area (Å²) in [4.78, 5) is 14.1. The van der Waals surface area contributed by atoms with Gasteiger partial charge in [-0.1, -0.05) is 0 Å². The first kappa shape index (κ1) is 10.6. The molecular weight excluding hydrogens is 202 g/mol. The summed E-state index contributed by atoms with van der Waals surface area (Å²) >= 11 is 0. The molecule has 3 nitrogen and oxygen atoms in total. The molecule has 0 aromatic rings. The summed E-state index contributed by atoms with van der Waals surface area (Å²) < 4.78 is 5.85. The Morgan fingerprint density at radius 3 is 2.94 bits per heavy atom. The highest BCUT2D eigenvalue weighted by atomic mass is 16.5. The van der Waals surface area contributed by atoms with E-state index in [2.05, 4.69) is 11.8 Å². The summed E-state index contributed by atoms with van der Waals surface area (Å²) in [6.45, 7) is 4.01. The van der Waals surface area contributed by atoms with Crippen molar-refractivity contribution in [3.8, 4) is 0 Å². The Hall–Kier alpha value is -0.570. The second-order valence-corrected chi connectivity index (χ2v) is 5.76. The molecule has 0 radical (unpaired) electrons. The van der Waals surface area contributed by atoms with Gasteiger partial charge in [0.2, 0.25) is 5.91 Å². The van der Waals surface area contributed by atoms with Crippen LogP contribution in [0.2, 0.25) is 0 Å². The van der Waals surface area contributed by atoms with E-state index in [4.69, 9.17) is 4.74 Å². The number of nitrogens with zero attached hydrogens (tertiary/aromatic N) is 1. The average Bonchev–Trinajstić information content (AvgIpc) is 2.96. The molecule has 1 amide bonds. The lowest BCUT2D eigenvalue weighted by molar-refractivity contribution is -0.134. The zero-order valence-corrected chi connectivity index (χ0v) is 10.0. The van der Waals surface area contributed by atoms with E-state index in [9.17, 15) is 4.79 Å². The van der Waals surface area contributed by atoms with Crippen molar-refractivity contribution in [1.29, 1.82) is 0 Å². The molecule has 0 bridgehead atoms. The number of fused-ring (bicyclic) bond motifs is 1. The van der Waals surface area contributed by atoms with Gasteiger partial charge in [0, 0.05) is 25.4 Å². The van der Waals surface area contributed by atoms with Crippen LogP contribution in [0.3, 0.4) is 0 Å². The number of amides is 1. The van der Waals surface area contributed by atoms with Crippen molar-refractivity contribution in [2.24, 2.45) is 11.8 Å². The van der Waals surface area contributed by atoms with E-state index < -0.39 is 0 Å². The van der Waals surface area contributed by atoms with Crippen molar-refractivity contribution in [1.82, 2.24) is 4.90 Å². The number of ether oxygens (including phenoxy) is 1. The second kappa shape index (κ2) is 4.02. The first-order chi connectivity index (χ1) is 7.72. The molecule has 1 aliphatic carbocycles. The Labute approximate surface area is 97.1 Å². The molecule has 2 aliphatic heterocycles. The zero-order valence-electron chi connectivity index (χ0n) is 10.0. The lowest BCUT2D eigenvalue weighted by Crippen LogP contribution is -2.44. The van der Waals surface area contributed by atoms with Crippen LogP contribution in [0.5, 0.6) is 0 Å². The smallest absolute Gasteiger partial charge is 0.222 e. The molecule has 0 aromatic heterocycles. The predicted molar refractivity (Wildman–Crippen MR) is 61.0 cm³/mol. The van der Waals surface area contributed by atoms with Crippen LogP contribution in [0.25, 0.3) is 0 Å². The number of piperidine rings is 1. The zero-order chi connectivity index (χ0) is 11.1. The van der Waals surface area contributed by atoms with Crippen molar-refractivity contribution >= 4 is 5.91 Å². The molecule has 3 fully saturated rings. The monoisotopic (exact) mass is 223 g/mol. The maximum atomic E-state index is 12.0. The van der Waals surface area contributed by atoms with Crippen LogP contribution >= 0.6 is 0 Å². The molecule has 3 heteroatoms. The average molecular weight is 223 g/mol. The van der Waals surface area contributed by atoms with Gasteiger partial charge >= 0.3 is 0 Å². The van der Waals surface area contributed by atoms with Gasteiger partial charge in [0.1, 0.15) is 0 Å². The SMILES string of the molecule is C[C@@H]1C[C@@H]2CN(C(=O)CC3CC3)CC[C@@H]2O1. The van der Waals surface area contributed by atoms with Gasteiger partial charge in [-0.25, -0.2) is 0 Å². The fourth-order valence-electron chi connectivity index (χ4n) is 3.12. The highest BCUT2D eigenvalue weighted by Crippen LogP contribution is 2.35. The summed E-state index contributed by atoms with van der Waals surface area (Å²) in [5, 5.41) is 0. The lowest BCUT2D eigenvalue weighted by Gasteiger charge is -2.34. The lowest BCUT2D eigenvalue weighted by atomic mass is 9.93. The van der Waals surface area contributed by atoms with Crippen LogP contribution in [-0.2, 0) is 9.53 Å². The van der Waals surface area contributed by atoms with E-state index in [1.807, 2.05) is 0 Å². The summed E-state index contributed by atoms with van der Waals surface area (Å²) in [7, 11) is 0. The van der Waals surface area contributed by atoms with Crippen LogP contribution in [0.15, 0.2) is 0 Å². The first-order valence-corrected chi connectivity index (χ1v) is 6.65. The third kappa shape index (κ3) is 2.10. The van der Waals surface area contributed by atoms with E-state index in [0.717, 1.165) is 32.4 Å². The maximum Gasteiger partial charge on any atom is 0.222 e. The van der Waals surface area contributed by atoms with E-state index in [1.54, 1.807) is 0 Å². The molecule has 16 heavy (non-hydrogen) atoms. The van der Waals surface area contributed by atoms with Crippen molar-refractivity contribution in [2.45, 2.75) is 51.2 Å². The van der Waals surface area contributed by atoms with Gasteiger partial charge in [-0.3, -0.25) is 4.79 Å². The first-order valence-electron chi connectivity index (χ1n) is 6.65. The number of hydrogen-bond acceptors (Lipinski definition) is 2. The Kier molecular flexibility index (Phi) is 2.66. The van der Waals surface area contributed by atoms with Crippen LogP contribution < -0.4 is 0 Å². The number of likely N-dealkylation sites (tertiary alicyclic amines) is 1. The van der Waals surface area contributed by atoms with Crippen molar-refractivity contribution in [3.63, 3.8) is 0 Å². The van der Waals surface area contributed by atoms with Crippen molar-refractivity contribution < 1.29 is 9.53 Å². The van der Waals surface area contributed by atoms with E-state index in [0.29, 0.717) is 30.0 Å². The van der Waals surface area contributed by atoms with Crippen LogP contribution in [0.4, 0.5) is 0 Å². The van der Waals surface area contributed by atoms with Gasteiger partial charge in [0.25, 0.3) is 0 Å². The largest absolute Gasteiger partial charge is 0.375 e. The molecule has 3 aliphatic rings. The molecule has 3 rings (SSSR count). The molecular formula is C13H21NO2. The maximum absolute atomic E-state index is 12.0. The van der Waals surface area contributed by atoms with Gasteiger partial charge in [-0.15, -0.1) is 0 Å². The molecule has 0 spiro atoms. The topological polar surface area (TPSA) is 29.5 Å². The fourth-order valence-corrected chi connectivity index (χ4v) is 3.12. The van der Waals surface area contributed by atoms with Gasteiger partial charge in [-0.2, -0.15) is 0 Å². The van der Waals surface area contributed by atoms with Gasteiger partial charge in [0.15, 0.2) is 0 Å². The Morgan fingerprint density at radius 1 is 1.38 bits per heavy atom. The Morgan fingerprint density at radius 2 is 2.19 bits per heavy atom. The molecule has 2 heterocycles. The quantitative estimate of drug-likeness (QED) is 0.714. The standard InChI is InChI=1S/C13H21NO2/c1-9-6-11-8-14(5-4-12(11)16-9)13(15)7-10-2-3-10/h9-12H,2-8H2,1H3/t9-,11-,12+/m1/s1. The fraction of sp³-hybridized carbons (Fsp3) is 0.923. The van der Waals surface area contributed by atoms with E-state index in [1.165, 1.54) is 12.8 Å². The molecule has 90 valence electrons. The minimum atomic E-state index is 0.389. The molecule has 2 saturated heterocycles. The predicted octanol–water partition coefficient (Wildman–Crippen LogP) is 1.81. The molecule has 0 unspecified atom stereocenters. The summed E-state index contributed by atoms with van der Waals surface area (Å²) in [6, 6.07) is 0. The molecule has 0 aromatic carbocycles. The minimum Gasteiger partial charge on any atom is -0.375 e. The van der Waals surface area contributed by atoms with Crippen LogP contribution in [0.1, 0.15) is 39.0 Å². The van der Waals surface area contributed by atoms with Gasteiger partial charge in [-0.05, 0) is 38.5 Å². The Bertz CT molecular complexity index is 288. The molecule has 3 atom stereocenters. The van der Waals surface area contributed by atoms with Crippen LogP contribution in [0, 0.1) is 11.8 Å². The number of carbonyl (C=O) groups excluding carboxylic acids is 1. The van der Waals surface area contributed by atoms with E-state index >= 15 is 0 Å². The van der Waals surface area contributed by atoms with Crippen LogP contribution in [-0.4, -0.2) is 36.1 Å². The van der Waals surface area contributed by atoms with Gasteiger partial charge < -0.3 is 9.64 Å². The highest BCUT2D eigenvalue weighted by Gasteiger charge is 2.39. The number of hydrogen-bond donors (Lipinski definition) is 0. The third-order valence-corrected chi connectivity index (χ3v) is 4.22. The van der Waals surface area contributed by atoms with Gasteiger partial charge in [0.05, 0.1) is 12.2 Å². The van der Waals surface area contributed by atoms with Crippen molar-refractivity contribution in [3.05, 3.63) is 0 Å². The number of rotatable bonds is 2. The molecule has 0 N–H and O–H groups in total. The summed E-state index contributed by atoms with van der Waals surface area (Å²) in [6.07, 6.45) is 6.35. The number of carbonyl (C=O) groups is 1.